The third-order valence-electron chi connectivity index (χ3n) is 6.19. The number of allylic oxidation sites excluding steroid dienone is 3. The largest absolute Gasteiger partial charge is 0.478 e. The first kappa shape index (κ1) is 30.9. The van der Waals surface area contributed by atoms with Gasteiger partial charge in [0.2, 0.25) is 0 Å². The van der Waals surface area contributed by atoms with Gasteiger partial charge in [-0.25, -0.2) is 4.79 Å². The molecule has 38 heavy (non-hydrogen) atoms. The van der Waals surface area contributed by atoms with Crippen LogP contribution in [0.15, 0.2) is 58.8 Å². The van der Waals surface area contributed by atoms with Crippen molar-refractivity contribution < 1.29 is 14.6 Å². The lowest BCUT2D eigenvalue weighted by Gasteiger charge is -2.37. The van der Waals surface area contributed by atoms with Crippen molar-refractivity contribution >= 4 is 17.4 Å². The van der Waals surface area contributed by atoms with Gasteiger partial charge >= 0.3 is 5.97 Å². The summed E-state index contributed by atoms with van der Waals surface area (Å²) >= 11 is 0. The van der Waals surface area contributed by atoms with Crippen molar-refractivity contribution in [1.82, 2.24) is 0 Å². The van der Waals surface area contributed by atoms with Gasteiger partial charge in [-0.1, -0.05) is 64.3 Å². The van der Waals surface area contributed by atoms with Gasteiger partial charge in [0, 0.05) is 48.3 Å². The molecular formula is C33H46N2O3. The Morgan fingerprint density at radius 1 is 0.974 bits per heavy atom. The molecule has 2 unspecified atom stereocenters. The summed E-state index contributed by atoms with van der Waals surface area (Å²) < 4.78 is 6.43. The van der Waals surface area contributed by atoms with Crippen molar-refractivity contribution in [2.45, 2.75) is 81.1 Å². The van der Waals surface area contributed by atoms with Crippen LogP contribution in [-0.2, 0) is 0 Å². The van der Waals surface area contributed by atoms with E-state index in [1.54, 1.807) is 6.07 Å². The zero-order chi connectivity index (χ0) is 28.4. The fraction of sp³-hybridized carbons (Fsp3) is 0.455. The van der Waals surface area contributed by atoms with Gasteiger partial charge in [0.15, 0.2) is 0 Å². The molecule has 0 bridgehead atoms. The SMILES string of the molecule is CCC.CCC.CCN=C1C=C2Oc3cc(NCC)c(C)cc3C(c3ccc(C)cc3C(=O)O)C2C=C1C. The Morgan fingerprint density at radius 2 is 1.63 bits per heavy atom. The van der Waals surface area contributed by atoms with Gasteiger partial charge in [-0.05, 0) is 63.5 Å². The summed E-state index contributed by atoms with van der Waals surface area (Å²) in [5.41, 5.74) is 7.23. The first-order valence-electron chi connectivity index (χ1n) is 14.0. The molecule has 206 valence electrons. The molecule has 4 rings (SSSR count). The number of ether oxygens (including phenoxy) is 1. The fourth-order valence-electron chi connectivity index (χ4n) is 4.71. The third kappa shape index (κ3) is 7.15. The minimum Gasteiger partial charge on any atom is -0.478 e. The van der Waals surface area contributed by atoms with Crippen LogP contribution in [0.1, 0.15) is 99.8 Å². The minimum absolute atomic E-state index is 0.0940. The van der Waals surface area contributed by atoms with E-state index in [-0.39, 0.29) is 11.8 Å². The summed E-state index contributed by atoms with van der Waals surface area (Å²) in [6.07, 6.45) is 6.69. The van der Waals surface area contributed by atoms with Crippen LogP contribution in [0.4, 0.5) is 5.69 Å². The molecule has 2 aliphatic rings. The number of rotatable bonds is 5. The number of nitrogens with zero attached hydrogens (tertiary/aromatic N) is 1. The molecule has 0 spiro atoms. The minimum atomic E-state index is -0.909. The number of anilines is 1. The van der Waals surface area contributed by atoms with Crippen LogP contribution in [0.5, 0.6) is 5.75 Å². The molecule has 0 aromatic heterocycles. The highest BCUT2D eigenvalue weighted by atomic mass is 16.5. The standard InChI is InChI=1S/C27H30N2O3.2C3H8/c1-6-28-22-13-24-20(11-16(22)4)26(18-9-8-15(3)10-19(18)27(30)31)21-12-17(5)23(29-7-2)14-25(21)32-24;2*1-3-2/h8-14,20,26,29H,6-7H2,1-5H3,(H,30,31);2*3H2,1-2H3. The molecule has 1 aliphatic carbocycles. The van der Waals surface area contributed by atoms with Crippen molar-refractivity contribution in [3.8, 4) is 5.75 Å². The van der Waals surface area contributed by atoms with Crippen molar-refractivity contribution in [2.24, 2.45) is 10.9 Å². The molecule has 0 saturated carbocycles. The molecule has 5 nitrogen and oxygen atoms in total. The molecule has 0 radical (unpaired) electrons. The lowest BCUT2D eigenvalue weighted by Crippen LogP contribution is -2.29. The molecule has 5 heteroatoms. The van der Waals surface area contributed by atoms with Crippen LogP contribution in [0.2, 0.25) is 0 Å². The van der Waals surface area contributed by atoms with Gasteiger partial charge in [0.05, 0.1) is 11.3 Å². The number of fused-ring (bicyclic) bond motifs is 2. The van der Waals surface area contributed by atoms with Crippen molar-refractivity contribution in [2.75, 3.05) is 18.4 Å². The van der Waals surface area contributed by atoms with Gasteiger partial charge in [-0.2, -0.15) is 0 Å². The molecule has 0 amide bonds. The topological polar surface area (TPSA) is 70.9 Å². The quantitative estimate of drug-likeness (QED) is 0.415. The molecular weight excluding hydrogens is 472 g/mol. The molecule has 2 atom stereocenters. The number of carboxylic acid groups (broad SMARTS) is 1. The van der Waals surface area contributed by atoms with Gasteiger partial charge < -0.3 is 15.2 Å². The summed E-state index contributed by atoms with van der Waals surface area (Å²) in [6, 6.07) is 9.89. The second kappa shape index (κ2) is 14.6. The number of aliphatic imine (C=N–C) groups is 1. The number of hydrogen-bond donors (Lipinski definition) is 2. The van der Waals surface area contributed by atoms with E-state index in [0.29, 0.717) is 12.1 Å². The smallest absolute Gasteiger partial charge is 0.335 e. The summed E-state index contributed by atoms with van der Waals surface area (Å²) in [7, 11) is 0. The summed E-state index contributed by atoms with van der Waals surface area (Å²) in [6.45, 7) is 20.1. The number of nitrogens with one attached hydrogen (secondary N) is 1. The average molecular weight is 519 g/mol. The monoisotopic (exact) mass is 518 g/mol. The number of aromatic carboxylic acids is 1. The molecule has 1 heterocycles. The van der Waals surface area contributed by atoms with Crippen LogP contribution in [0.3, 0.4) is 0 Å². The lowest BCUT2D eigenvalue weighted by molar-refractivity contribution is 0.0694. The van der Waals surface area contributed by atoms with Crippen LogP contribution in [-0.4, -0.2) is 29.9 Å². The summed E-state index contributed by atoms with van der Waals surface area (Å²) in [4.78, 5) is 16.8. The molecule has 2 N–H and O–H groups in total. The highest BCUT2D eigenvalue weighted by Crippen LogP contribution is 2.50. The Morgan fingerprint density at radius 3 is 2.21 bits per heavy atom. The predicted molar refractivity (Wildman–Crippen MR) is 161 cm³/mol. The number of aryl methyl sites for hydroxylation is 2. The van der Waals surface area contributed by atoms with E-state index in [0.717, 1.165) is 57.3 Å². The van der Waals surface area contributed by atoms with Crippen LogP contribution in [0, 0.1) is 19.8 Å². The average Bonchev–Trinajstić information content (AvgIpc) is 2.86. The highest BCUT2D eigenvalue weighted by molar-refractivity contribution is 6.09. The zero-order valence-corrected chi connectivity index (χ0v) is 24.7. The van der Waals surface area contributed by atoms with E-state index >= 15 is 0 Å². The van der Waals surface area contributed by atoms with Gasteiger partial charge in [-0.15, -0.1) is 0 Å². The number of benzene rings is 2. The van der Waals surface area contributed by atoms with E-state index in [4.69, 9.17) is 4.74 Å². The Kier molecular flexibility index (Phi) is 11.8. The van der Waals surface area contributed by atoms with Crippen LogP contribution >= 0.6 is 0 Å². The summed E-state index contributed by atoms with van der Waals surface area (Å²) in [5.74, 6) is 0.406. The van der Waals surface area contributed by atoms with Crippen LogP contribution < -0.4 is 10.1 Å². The van der Waals surface area contributed by atoms with Crippen molar-refractivity contribution in [3.63, 3.8) is 0 Å². The van der Waals surface area contributed by atoms with Gasteiger partial charge in [0.25, 0.3) is 0 Å². The Hall–Kier alpha value is -3.34. The lowest BCUT2D eigenvalue weighted by atomic mass is 9.73. The first-order chi connectivity index (χ1) is 18.2. The zero-order valence-electron chi connectivity index (χ0n) is 24.7. The van der Waals surface area contributed by atoms with E-state index in [1.807, 2.05) is 38.1 Å². The van der Waals surface area contributed by atoms with E-state index in [1.165, 1.54) is 12.8 Å². The first-order valence-corrected chi connectivity index (χ1v) is 14.0. The second-order valence-corrected chi connectivity index (χ2v) is 9.91. The van der Waals surface area contributed by atoms with Crippen molar-refractivity contribution in [3.05, 3.63) is 81.6 Å². The van der Waals surface area contributed by atoms with Gasteiger partial charge in [-0.3, -0.25) is 4.99 Å². The third-order valence-corrected chi connectivity index (χ3v) is 6.19. The van der Waals surface area contributed by atoms with Gasteiger partial charge in [0.1, 0.15) is 11.5 Å². The molecule has 2 aromatic carbocycles. The Labute approximate surface area is 229 Å². The molecule has 2 aromatic rings. The molecule has 1 aliphatic heterocycles. The van der Waals surface area contributed by atoms with E-state index < -0.39 is 5.97 Å². The normalized spacial score (nSPS) is 18.3. The number of hydrogen-bond acceptors (Lipinski definition) is 4. The Bertz CT molecular complexity index is 1200. The fourth-order valence-corrected chi connectivity index (χ4v) is 4.71. The number of carbonyl (C=O) groups is 1. The summed E-state index contributed by atoms with van der Waals surface area (Å²) in [5, 5.41) is 13.4. The highest BCUT2D eigenvalue weighted by Gasteiger charge is 2.39. The number of carboxylic acids is 1. The maximum Gasteiger partial charge on any atom is 0.335 e. The van der Waals surface area contributed by atoms with Crippen LogP contribution in [0.25, 0.3) is 0 Å². The van der Waals surface area contributed by atoms with E-state index in [2.05, 4.69) is 70.9 Å². The maximum absolute atomic E-state index is 12.2. The molecule has 0 fully saturated rings. The predicted octanol–water partition coefficient (Wildman–Crippen LogP) is 8.71. The van der Waals surface area contributed by atoms with Crippen molar-refractivity contribution in [1.29, 1.82) is 0 Å². The second-order valence-electron chi connectivity index (χ2n) is 9.91. The maximum atomic E-state index is 12.2. The Balaban J connectivity index is 0.000000773. The molecule has 0 saturated heterocycles. The van der Waals surface area contributed by atoms with E-state index in [9.17, 15) is 9.90 Å².